The van der Waals surface area contributed by atoms with Gasteiger partial charge in [-0.2, -0.15) is 0 Å². The fourth-order valence-corrected chi connectivity index (χ4v) is 3.92. The molecule has 1 atom stereocenters. The van der Waals surface area contributed by atoms with Crippen LogP contribution in [0, 0.1) is 0 Å². The molecule has 0 spiro atoms. The molecule has 27 heavy (non-hydrogen) atoms. The minimum absolute atomic E-state index is 0.178. The molecule has 1 fully saturated rings. The highest BCUT2D eigenvalue weighted by molar-refractivity contribution is 6.24. The molecule has 2 heterocycles. The number of carbonyl (C=O) groups is 2. The molecule has 1 unspecified atom stereocenters. The first-order chi connectivity index (χ1) is 13.2. The number of anilines is 1. The van der Waals surface area contributed by atoms with E-state index in [1.165, 1.54) is 4.90 Å². The Morgan fingerprint density at radius 3 is 2.59 bits per heavy atom. The number of methoxy groups -OCH3 is 1. The summed E-state index contributed by atoms with van der Waals surface area (Å²) in [6.45, 7) is 3.01. The molecule has 1 aliphatic heterocycles. The van der Waals surface area contributed by atoms with E-state index >= 15 is 0 Å². The summed E-state index contributed by atoms with van der Waals surface area (Å²) in [5, 5.41) is 1.04. The lowest BCUT2D eigenvalue weighted by atomic mass is 9.97. The van der Waals surface area contributed by atoms with E-state index < -0.39 is 5.92 Å². The van der Waals surface area contributed by atoms with Crippen molar-refractivity contribution in [2.24, 2.45) is 0 Å². The number of nitrogens with zero attached hydrogens (tertiary/aromatic N) is 2. The van der Waals surface area contributed by atoms with Gasteiger partial charge in [0, 0.05) is 30.1 Å². The van der Waals surface area contributed by atoms with Gasteiger partial charge < -0.3 is 9.30 Å². The van der Waals surface area contributed by atoms with E-state index in [4.69, 9.17) is 4.74 Å². The summed E-state index contributed by atoms with van der Waals surface area (Å²) in [5.41, 5.74) is 2.54. The van der Waals surface area contributed by atoms with Crippen LogP contribution in [0.5, 0.6) is 5.75 Å². The first-order valence-corrected chi connectivity index (χ1v) is 9.23. The van der Waals surface area contributed by atoms with Crippen LogP contribution in [0.4, 0.5) is 5.69 Å². The molecule has 5 nitrogen and oxygen atoms in total. The van der Waals surface area contributed by atoms with E-state index in [1.807, 2.05) is 30.5 Å². The Bertz CT molecular complexity index is 1020. The summed E-state index contributed by atoms with van der Waals surface area (Å²) in [7, 11) is 1.54. The fraction of sp³-hybridized carbons (Fsp3) is 0.273. The van der Waals surface area contributed by atoms with Crippen LogP contribution in [0.25, 0.3) is 10.9 Å². The second-order valence-electron chi connectivity index (χ2n) is 6.79. The number of ether oxygens (including phenoxy) is 1. The summed E-state index contributed by atoms with van der Waals surface area (Å²) in [6, 6.07) is 15.2. The molecule has 0 saturated carbocycles. The second kappa shape index (κ2) is 6.91. The lowest BCUT2D eigenvalue weighted by Gasteiger charge is -2.17. The van der Waals surface area contributed by atoms with Crippen molar-refractivity contribution in [2.45, 2.75) is 32.2 Å². The maximum absolute atomic E-state index is 13.2. The van der Waals surface area contributed by atoms with E-state index in [9.17, 15) is 9.59 Å². The van der Waals surface area contributed by atoms with Gasteiger partial charge in [0.25, 0.3) is 0 Å². The summed E-state index contributed by atoms with van der Waals surface area (Å²) in [4.78, 5) is 27.3. The molecular weight excluding hydrogens is 340 g/mol. The van der Waals surface area contributed by atoms with Crippen LogP contribution in [0.1, 0.15) is 31.2 Å². The van der Waals surface area contributed by atoms with Gasteiger partial charge in [-0.25, -0.2) is 4.90 Å². The third-order valence-corrected chi connectivity index (χ3v) is 5.13. The van der Waals surface area contributed by atoms with Crippen LogP contribution < -0.4 is 9.64 Å². The van der Waals surface area contributed by atoms with Crippen LogP contribution in [0.2, 0.25) is 0 Å². The van der Waals surface area contributed by atoms with Crippen LogP contribution >= 0.6 is 0 Å². The van der Waals surface area contributed by atoms with Crippen molar-refractivity contribution in [2.75, 3.05) is 12.0 Å². The average molecular weight is 362 g/mol. The van der Waals surface area contributed by atoms with E-state index in [-0.39, 0.29) is 18.2 Å². The Kier molecular flexibility index (Phi) is 4.44. The van der Waals surface area contributed by atoms with Crippen LogP contribution in [0.15, 0.2) is 54.7 Å². The minimum atomic E-state index is -0.467. The lowest BCUT2D eigenvalue weighted by molar-refractivity contribution is -0.121. The van der Waals surface area contributed by atoms with Crippen molar-refractivity contribution >= 4 is 28.4 Å². The third-order valence-electron chi connectivity index (χ3n) is 5.13. The third kappa shape index (κ3) is 2.79. The largest absolute Gasteiger partial charge is 0.495 e. The van der Waals surface area contributed by atoms with Crippen molar-refractivity contribution in [3.05, 3.63) is 60.3 Å². The molecule has 2 aromatic carbocycles. The van der Waals surface area contributed by atoms with Crippen molar-refractivity contribution in [1.29, 1.82) is 0 Å². The Balaban J connectivity index is 1.78. The number of hydrogen-bond donors (Lipinski definition) is 0. The fourth-order valence-electron chi connectivity index (χ4n) is 3.92. The maximum Gasteiger partial charge on any atom is 0.242 e. The summed E-state index contributed by atoms with van der Waals surface area (Å²) >= 11 is 0. The van der Waals surface area contributed by atoms with Crippen molar-refractivity contribution in [1.82, 2.24) is 4.57 Å². The standard InChI is InChI=1S/C22H22N2O3/c1-3-12-23-14-17(15-8-4-5-9-18(15)23)16-13-21(25)24(22(16)26)19-10-6-7-11-20(19)27-2/h4-11,14,16H,3,12-13H2,1-2H3. The minimum Gasteiger partial charge on any atom is -0.495 e. The second-order valence-corrected chi connectivity index (χ2v) is 6.79. The van der Waals surface area contributed by atoms with E-state index in [2.05, 4.69) is 17.6 Å². The summed E-state index contributed by atoms with van der Waals surface area (Å²) in [5.74, 6) is -0.329. The molecule has 3 aromatic rings. The first kappa shape index (κ1) is 17.3. The number of fused-ring (bicyclic) bond motifs is 1. The number of imide groups is 1. The van der Waals surface area contributed by atoms with Gasteiger partial charge in [0.15, 0.2) is 0 Å². The van der Waals surface area contributed by atoms with Crippen LogP contribution in [-0.4, -0.2) is 23.5 Å². The van der Waals surface area contributed by atoms with Crippen molar-refractivity contribution < 1.29 is 14.3 Å². The summed E-state index contributed by atoms with van der Waals surface area (Å²) in [6.07, 6.45) is 3.22. The number of benzene rings is 2. The number of amides is 2. The first-order valence-electron chi connectivity index (χ1n) is 9.23. The van der Waals surface area contributed by atoms with E-state index in [0.717, 1.165) is 29.4 Å². The number of aromatic nitrogens is 1. The average Bonchev–Trinajstić information content (AvgIpc) is 3.19. The number of aryl methyl sites for hydroxylation is 1. The quantitative estimate of drug-likeness (QED) is 0.642. The van der Waals surface area contributed by atoms with Gasteiger partial charge in [0.05, 0.1) is 18.7 Å². The van der Waals surface area contributed by atoms with Crippen LogP contribution in [-0.2, 0) is 16.1 Å². The van der Waals surface area contributed by atoms with Gasteiger partial charge in [-0.15, -0.1) is 0 Å². The zero-order valence-corrected chi connectivity index (χ0v) is 15.5. The number of para-hydroxylation sites is 3. The van der Waals surface area contributed by atoms with Gasteiger partial charge in [0.2, 0.25) is 11.8 Å². The molecule has 5 heteroatoms. The van der Waals surface area contributed by atoms with E-state index in [0.29, 0.717) is 11.4 Å². The monoisotopic (exact) mass is 362 g/mol. The van der Waals surface area contributed by atoms with Gasteiger partial charge in [-0.1, -0.05) is 37.3 Å². The topological polar surface area (TPSA) is 51.5 Å². The number of hydrogen-bond acceptors (Lipinski definition) is 3. The summed E-state index contributed by atoms with van der Waals surface area (Å²) < 4.78 is 7.53. The molecule has 1 saturated heterocycles. The van der Waals surface area contributed by atoms with Gasteiger partial charge in [-0.3, -0.25) is 9.59 Å². The predicted molar refractivity (Wildman–Crippen MR) is 105 cm³/mol. The molecule has 0 bridgehead atoms. The smallest absolute Gasteiger partial charge is 0.242 e. The van der Waals surface area contributed by atoms with Crippen LogP contribution in [0.3, 0.4) is 0 Å². The SMILES string of the molecule is CCCn1cc(C2CC(=O)N(c3ccccc3OC)C2=O)c2ccccc21. The Morgan fingerprint density at radius 2 is 1.81 bits per heavy atom. The Morgan fingerprint density at radius 1 is 1.07 bits per heavy atom. The molecule has 0 radical (unpaired) electrons. The molecule has 1 aliphatic rings. The normalized spacial score (nSPS) is 17.1. The predicted octanol–water partition coefficient (Wildman–Crippen LogP) is 4.11. The Labute approximate surface area is 158 Å². The van der Waals surface area contributed by atoms with Gasteiger partial charge in [-0.05, 0) is 30.2 Å². The molecule has 0 aliphatic carbocycles. The van der Waals surface area contributed by atoms with Gasteiger partial charge in [0.1, 0.15) is 5.75 Å². The Hall–Kier alpha value is -3.08. The van der Waals surface area contributed by atoms with Crippen molar-refractivity contribution in [3.8, 4) is 5.75 Å². The van der Waals surface area contributed by atoms with Gasteiger partial charge >= 0.3 is 0 Å². The molecule has 2 amide bonds. The highest BCUT2D eigenvalue weighted by atomic mass is 16.5. The van der Waals surface area contributed by atoms with Crippen molar-refractivity contribution in [3.63, 3.8) is 0 Å². The maximum atomic E-state index is 13.2. The number of carbonyl (C=O) groups excluding carboxylic acids is 2. The zero-order chi connectivity index (χ0) is 19.0. The molecule has 4 rings (SSSR count). The molecule has 138 valence electrons. The number of rotatable bonds is 5. The molecule has 1 aromatic heterocycles. The molecular formula is C22H22N2O3. The zero-order valence-electron chi connectivity index (χ0n) is 15.5. The molecule has 0 N–H and O–H groups in total. The highest BCUT2D eigenvalue weighted by Crippen LogP contribution is 2.40. The lowest BCUT2D eigenvalue weighted by Crippen LogP contribution is -2.30. The highest BCUT2D eigenvalue weighted by Gasteiger charge is 2.42. The van der Waals surface area contributed by atoms with E-state index in [1.54, 1.807) is 25.3 Å².